The highest BCUT2D eigenvalue weighted by atomic mass is 79.9. The van der Waals surface area contributed by atoms with E-state index in [9.17, 15) is 8.42 Å². The molecular formula is C13H14BrN3O2S. The van der Waals surface area contributed by atoms with Crippen LogP contribution in [0, 0.1) is 0 Å². The zero-order valence-electron chi connectivity index (χ0n) is 10.7. The summed E-state index contributed by atoms with van der Waals surface area (Å²) >= 11 is 3.42. The molecule has 0 saturated carbocycles. The number of benzene rings is 2. The van der Waals surface area contributed by atoms with Crippen LogP contribution in [0.25, 0.3) is 0 Å². The number of rotatable bonds is 4. The SMILES string of the molecule is CNS(=O)(=O)c1ccc(N)c(Nc2ccccc2Br)c1. The monoisotopic (exact) mass is 355 g/mol. The second-order valence-corrected chi connectivity index (χ2v) is 6.80. The third kappa shape index (κ3) is 3.12. The number of para-hydroxylation sites is 1. The van der Waals surface area contributed by atoms with Gasteiger partial charge in [-0.15, -0.1) is 0 Å². The smallest absolute Gasteiger partial charge is 0.240 e. The highest BCUT2D eigenvalue weighted by Crippen LogP contribution is 2.30. The van der Waals surface area contributed by atoms with Crippen molar-refractivity contribution in [3.05, 3.63) is 46.9 Å². The van der Waals surface area contributed by atoms with E-state index in [2.05, 4.69) is 26.0 Å². The van der Waals surface area contributed by atoms with Crippen molar-refractivity contribution in [2.75, 3.05) is 18.1 Å². The van der Waals surface area contributed by atoms with Crippen LogP contribution in [0.2, 0.25) is 0 Å². The maximum absolute atomic E-state index is 11.8. The topological polar surface area (TPSA) is 84.2 Å². The summed E-state index contributed by atoms with van der Waals surface area (Å²) in [6, 6.07) is 12.0. The van der Waals surface area contributed by atoms with E-state index in [1.807, 2.05) is 24.3 Å². The van der Waals surface area contributed by atoms with Gasteiger partial charge in [-0.25, -0.2) is 13.1 Å². The average molecular weight is 356 g/mol. The summed E-state index contributed by atoms with van der Waals surface area (Å²) < 4.78 is 26.7. The summed E-state index contributed by atoms with van der Waals surface area (Å²) in [6.45, 7) is 0. The standard InChI is InChI=1S/C13H14BrN3O2S/c1-16-20(18,19)9-6-7-11(15)13(8-9)17-12-5-3-2-4-10(12)14/h2-8,16-17H,15H2,1H3. The molecule has 0 aromatic heterocycles. The van der Waals surface area contributed by atoms with Crippen LogP contribution in [0.4, 0.5) is 17.1 Å². The average Bonchev–Trinajstić information content (AvgIpc) is 2.43. The van der Waals surface area contributed by atoms with Crippen molar-refractivity contribution in [2.45, 2.75) is 4.90 Å². The predicted octanol–water partition coefficient (Wildman–Crippen LogP) is 2.68. The predicted molar refractivity (Wildman–Crippen MR) is 84.5 cm³/mol. The van der Waals surface area contributed by atoms with E-state index >= 15 is 0 Å². The highest BCUT2D eigenvalue weighted by molar-refractivity contribution is 9.10. The number of anilines is 3. The van der Waals surface area contributed by atoms with Crippen molar-refractivity contribution in [1.29, 1.82) is 0 Å². The molecule has 0 aliphatic rings. The Hall–Kier alpha value is -1.57. The van der Waals surface area contributed by atoms with Crippen LogP contribution in [0.15, 0.2) is 51.8 Å². The molecule has 0 heterocycles. The molecule has 0 aliphatic heterocycles. The quantitative estimate of drug-likeness (QED) is 0.736. The molecule has 0 saturated heterocycles. The number of nitrogen functional groups attached to an aromatic ring is 1. The lowest BCUT2D eigenvalue weighted by molar-refractivity contribution is 0.588. The first-order valence-corrected chi connectivity index (χ1v) is 8.06. The van der Waals surface area contributed by atoms with Crippen molar-refractivity contribution in [2.24, 2.45) is 0 Å². The van der Waals surface area contributed by atoms with Gasteiger partial charge in [0.05, 0.1) is 22.0 Å². The number of halogens is 1. The second kappa shape index (κ2) is 5.82. The molecule has 0 fully saturated rings. The van der Waals surface area contributed by atoms with E-state index in [0.717, 1.165) is 10.2 Å². The highest BCUT2D eigenvalue weighted by Gasteiger charge is 2.13. The van der Waals surface area contributed by atoms with E-state index in [1.165, 1.54) is 19.2 Å². The minimum atomic E-state index is -3.50. The van der Waals surface area contributed by atoms with Crippen LogP contribution < -0.4 is 15.8 Å². The largest absolute Gasteiger partial charge is 0.397 e. The third-order valence-electron chi connectivity index (χ3n) is 2.75. The van der Waals surface area contributed by atoms with Crippen molar-refractivity contribution in [3.8, 4) is 0 Å². The van der Waals surface area contributed by atoms with Gasteiger partial charge in [-0.1, -0.05) is 12.1 Å². The molecule has 2 aromatic carbocycles. The van der Waals surface area contributed by atoms with Gasteiger partial charge in [-0.2, -0.15) is 0 Å². The Bertz CT molecular complexity index is 732. The molecule has 0 bridgehead atoms. The van der Waals surface area contributed by atoms with Gasteiger partial charge in [0.2, 0.25) is 10.0 Å². The molecule has 0 unspecified atom stereocenters. The van der Waals surface area contributed by atoms with E-state index in [1.54, 1.807) is 6.07 Å². The Kier molecular flexibility index (Phi) is 4.32. The fourth-order valence-corrected chi connectivity index (χ4v) is 2.78. The maximum atomic E-state index is 11.8. The zero-order chi connectivity index (χ0) is 14.8. The molecule has 0 amide bonds. The van der Waals surface area contributed by atoms with Gasteiger partial charge in [-0.3, -0.25) is 0 Å². The summed E-state index contributed by atoms with van der Waals surface area (Å²) in [5.41, 5.74) is 7.69. The summed E-state index contributed by atoms with van der Waals surface area (Å²) in [7, 11) is -2.13. The van der Waals surface area contributed by atoms with E-state index < -0.39 is 10.0 Å². The minimum Gasteiger partial charge on any atom is -0.397 e. The molecule has 20 heavy (non-hydrogen) atoms. The molecule has 0 radical (unpaired) electrons. The van der Waals surface area contributed by atoms with E-state index in [0.29, 0.717) is 11.4 Å². The normalized spacial score (nSPS) is 11.3. The minimum absolute atomic E-state index is 0.156. The van der Waals surface area contributed by atoms with E-state index in [-0.39, 0.29) is 4.90 Å². The van der Waals surface area contributed by atoms with Gasteiger partial charge < -0.3 is 11.1 Å². The van der Waals surface area contributed by atoms with Crippen molar-refractivity contribution in [3.63, 3.8) is 0 Å². The lowest BCUT2D eigenvalue weighted by Gasteiger charge is -2.12. The van der Waals surface area contributed by atoms with Gasteiger partial charge in [0.15, 0.2) is 0 Å². The molecule has 2 rings (SSSR count). The molecule has 4 N–H and O–H groups in total. The van der Waals surface area contributed by atoms with Gasteiger partial charge in [0.25, 0.3) is 0 Å². The fourth-order valence-electron chi connectivity index (χ4n) is 1.64. The zero-order valence-corrected chi connectivity index (χ0v) is 13.1. The molecular weight excluding hydrogens is 342 g/mol. The molecule has 5 nitrogen and oxygen atoms in total. The maximum Gasteiger partial charge on any atom is 0.240 e. The summed E-state index contributed by atoms with van der Waals surface area (Å²) in [4.78, 5) is 0.156. The van der Waals surface area contributed by atoms with Gasteiger partial charge in [-0.05, 0) is 53.3 Å². The van der Waals surface area contributed by atoms with Gasteiger partial charge in [0, 0.05) is 4.47 Å². The number of hydrogen-bond acceptors (Lipinski definition) is 4. The molecule has 2 aromatic rings. The first-order valence-electron chi connectivity index (χ1n) is 5.78. The third-order valence-corrected chi connectivity index (χ3v) is 4.85. The molecule has 0 aliphatic carbocycles. The number of sulfonamides is 1. The number of nitrogens with two attached hydrogens (primary N) is 1. The Morgan fingerprint density at radius 3 is 2.45 bits per heavy atom. The van der Waals surface area contributed by atoms with Crippen LogP contribution in [-0.2, 0) is 10.0 Å². The first-order chi connectivity index (χ1) is 9.44. The Labute approximate surface area is 126 Å². The lowest BCUT2D eigenvalue weighted by Crippen LogP contribution is -2.18. The van der Waals surface area contributed by atoms with Crippen LogP contribution >= 0.6 is 15.9 Å². The first kappa shape index (κ1) is 14.8. The number of hydrogen-bond donors (Lipinski definition) is 3. The van der Waals surface area contributed by atoms with Crippen LogP contribution in [-0.4, -0.2) is 15.5 Å². The molecule has 0 atom stereocenters. The van der Waals surface area contributed by atoms with Crippen molar-refractivity contribution < 1.29 is 8.42 Å². The fraction of sp³-hybridized carbons (Fsp3) is 0.0769. The van der Waals surface area contributed by atoms with Gasteiger partial charge >= 0.3 is 0 Å². The summed E-state index contributed by atoms with van der Waals surface area (Å²) in [5.74, 6) is 0. The second-order valence-electron chi connectivity index (χ2n) is 4.06. The number of nitrogens with one attached hydrogen (secondary N) is 2. The molecule has 106 valence electrons. The Balaban J connectivity index is 2.42. The van der Waals surface area contributed by atoms with Crippen LogP contribution in [0.3, 0.4) is 0 Å². The lowest BCUT2D eigenvalue weighted by atomic mass is 10.2. The van der Waals surface area contributed by atoms with E-state index in [4.69, 9.17) is 5.73 Å². The van der Waals surface area contributed by atoms with Gasteiger partial charge in [0.1, 0.15) is 0 Å². The Morgan fingerprint density at radius 2 is 1.80 bits per heavy atom. The van der Waals surface area contributed by atoms with Crippen LogP contribution in [0.1, 0.15) is 0 Å². The Morgan fingerprint density at radius 1 is 1.10 bits per heavy atom. The van der Waals surface area contributed by atoms with Crippen LogP contribution in [0.5, 0.6) is 0 Å². The summed E-state index contributed by atoms with van der Waals surface area (Å²) in [6.07, 6.45) is 0. The molecule has 7 heteroatoms. The summed E-state index contributed by atoms with van der Waals surface area (Å²) in [5, 5.41) is 3.11. The van der Waals surface area contributed by atoms with Crippen molar-refractivity contribution in [1.82, 2.24) is 4.72 Å². The van der Waals surface area contributed by atoms with Crippen molar-refractivity contribution >= 4 is 43.0 Å². The molecule has 0 spiro atoms.